The van der Waals surface area contributed by atoms with Gasteiger partial charge >= 0.3 is 0 Å². The van der Waals surface area contributed by atoms with Gasteiger partial charge in [-0.3, -0.25) is 4.79 Å². The molecule has 29 heavy (non-hydrogen) atoms. The molecule has 1 N–H and O–H groups in total. The van der Waals surface area contributed by atoms with E-state index in [0.717, 1.165) is 16.3 Å². The van der Waals surface area contributed by atoms with Crippen LogP contribution in [0.25, 0.3) is 6.08 Å². The normalized spacial score (nSPS) is 11.0. The number of aromatic nitrogens is 1. The van der Waals surface area contributed by atoms with Crippen molar-refractivity contribution >= 4 is 29.0 Å². The van der Waals surface area contributed by atoms with E-state index in [9.17, 15) is 4.79 Å². The third kappa shape index (κ3) is 6.19. The fraction of sp³-hybridized carbons (Fsp3) is 0.217. The fourth-order valence-electron chi connectivity index (χ4n) is 2.64. The van der Waals surface area contributed by atoms with E-state index >= 15 is 0 Å². The van der Waals surface area contributed by atoms with Crippen LogP contribution in [-0.2, 0) is 11.4 Å². The molecule has 0 aliphatic heterocycles. The van der Waals surface area contributed by atoms with Crippen molar-refractivity contribution in [2.75, 3.05) is 5.32 Å². The first-order chi connectivity index (χ1) is 14.0. The van der Waals surface area contributed by atoms with Gasteiger partial charge < -0.3 is 14.8 Å². The van der Waals surface area contributed by atoms with Crippen LogP contribution >= 0.6 is 11.3 Å². The Labute approximate surface area is 175 Å². The molecule has 5 nitrogen and oxygen atoms in total. The molecule has 0 fully saturated rings. The Morgan fingerprint density at radius 3 is 2.59 bits per heavy atom. The van der Waals surface area contributed by atoms with E-state index in [1.54, 1.807) is 17.4 Å². The highest BCUT2D eigenvalue weighted by atomic mass is 32.1. The summed E-state index contributed by atoms with van der Waals surface area (Å²) in [5.74, 6) is 1.10. The van der Waals surface area contributed by atoms with Crippen molar-refractivity contribution in [3.63, 3.8) is 0 Å². The lowest BCUT2D eigenvalue weighted by molar-refractivity contribution is -0.111. The maximum Gasteiger partial charge on any atom is 0.248 e. The maximum absolute atomic E-state index is 12.4. The number of para-hydroxylation sites is 3. The molecule has 2 aromatic carbocycles. The number of rotatable bonds is 8. The Kier molecular flexibility index (Phi) is 7.03. The minimum atomic E-state index is -0.241. The van der Waals surface area contributed by atoms with Crippen molar-refractivity contribution in [1.29, 1.82) is 0 Å². The molecule has 0 bridgehead atoms. The second-order valence-corrected chi connectivity index (χ2v) is 7.73. The van der Waals surface area contributed by atoms with Gasteiger partial charge in [-0.2, -0.15) is 0 Å². The molecule has 0 atom stereocenters. The van der Waals surface area contributed by atoms with Gasteiger partial charge in [-0.25, -0.2) is 4.98 Å². The lowest BCUT2D eigenvalue weighted by atomic mass is 10.2. The van der Waals surface area contributed by atoms with Crippen LogP contribution in [-0.4, -0.2) is 17.0 Å². The highest BCUT2D eigenvalue weighted by Crippen LogP contribution is 2.25. The topological polar surface area (TPSA) is 60.5 Å². The lowest BCUT2D eigenvalue weighted by Gasteiger charge is -2.14. The Balaban J connectivity index is 1.66. The first-order valence-electron chi connectivity index (χ1n) is 9.39. The molecule has 0 saturated heterocycles. The lowest BCUT2D eigenvalue weighted by Crippen LogP contribution is -2.12. The second-order valence-electron chi connectivity index (χ2n) is 6.67. The van der Waals surface area contributed by atoms with Crippen molar-refractivity contribution in [2.24, 2.45) is 0 Å². The van der Waals surface area contributed by atoms with Gasteiger partial charge in [0.2, 0.25) is 5.91 Å². The van der Waals surface area contributed by atoms with Gasteiger partial charge in [0.25, 0.3) is 0 Å². The molecule has 0 aliphatic carbocycles. The molecule has 3 rings (SSSR count). The summed E-state index contributed by atoms with van der Waals surface area (Å²) in [4.78, 5) is 16.8. The Morgan fingerprint density at radius 2 is 1.86 bits per heavy atom. The van der Waals surface area contributed by atoms with Crippen LogP contribution in [0.2, 0.25) is 0 Å². The minimum Gasteiger partial charge on any atom is -0.489 e. The van der Waals surface area contributed by atoms with Crippen molar-refractivity contribution < 1.29 is 14.3 Å². The van der Waals surface area contributed by atoms with E-state index in [2.05, 4.69) is 10.3 Å². The van der Waals surface area contributed by atoms with Crippen LogP contribution < -0.4 is 14.8 Å². The highest BCUT2D eigenvalue weighted by molar-refractivity contribution is 7.09. The summed E-state index contributed by atoms with van der Waals surface area (Å²) in [6.45, 7) is 6.25. The average Bonchev–Trinajstić information content (AvgIpc) is 3.12. The zero-order chi connectivity index (χ0) is 20.6. The van der Waals surface area contributed by atoms with E-state index in [-0.39, 0.29) is 12.0 Å². The van der Waals surface area contributed by atoms with Gasteiger partial charge in [0.05, 0.1) is 22.5 Å². The maximum atomic E-state index is 12.4. The third-order valence-corrected chi connectivity index (χ3v) is 4.71. The number of ether oxygens (including phenoxy) is 2. The largest absolute Gasteiger partial charge is 0.489 e. The van der Waals surface area contributed by atoms with Crippen LogP contribution in [0, 0.1) is 6.92 Å². The van der Waals surface area contributed by atoms with Crippen LogP contribution in [0.1, 0.15) is 30.1 Å². The smallest absolute Gasteiger partial charge is 0.248 e. The Morgan fingerprint density at radius 1 is 1.14 bits per heavy atom. The van der Waals surface area contributed by atoms with Gasteiger partial charge in [0.15, 0.2) is 0 Å². The molecule has 0 saturated carbocycles. The van der Waals surface area contributed by atoms with Crippen LogP contribution in [0.5, 0.6) is 11.5 Å². The number of amides is 1. The van der Waals surface area contributed by atoms with E-state index < -0.39 is 0 Å². The Hall–Kier alpha value is -3.12. The number of hydrogen-bond donors (Lipinski definition) is 1. The average molecular weight is 409 g/mol. The molecule has 0 radical (unpaired) electrons. The molecule has 0 spiro atoms. The number of carbonyl (C=O) groups excluding carboxylic acids is 1. The van der Waals surface area contributed by atoms with Crippen LogP contribution in [0.3, 0.4) is 0 Å². The summed E-state index contributed by atoms with van der Waals surface area (Å²) in [7, 11) is 0. The van der Waals surface area contributed by atoms with E-state index in [1.807, 2.05) is 74.7 Å². The van der Waals surface area contributed by atoms with Gasteiger partial charge in [0, 0.05) is 17.0 Å². The molecule has 1 aromatic heterocycles. The number of nitrogens with one attached hydrogen (secondary N) is 1. The zero-order valence-electron chi connectivity index (χ0n) is 16.7. The van der Waals surface area contributed by atoms with Gasteiger partial charge in [0.1, 0.15) is 18.1 Å². The number of thiazole rings is 1. The highest BCUT2D eigenvalue weighted by Gasteiger charge is 2.08. The molecule has 6 heteroatoms. The minimum absolute atomic E-state index is 0.0223. The zero-order valence-corrected chi connectivity index (χ0v) is 17.5. The number of benzene rings is 2. The quantitative estimate of drug-likeness (QED) is 0.502. The summed E-state index contributed by atoms with van der Waals surface area (Å²) >= 11 is 1.60. The summed E-state index contributed by atoms with van der Waals surface area (Å²) in [5.41, 5.74) is 2.35. The molecular formula is C23H24N2O3S. The summed E-state index contributed by atoms with van der Waals surface area (Å²) in [6, 6.07) is 15.0. The number of nitrogens with zero attached hydrogens (tertiary/aromatic N) is 1. The standard InChI is InChI=1S/C23H24N2O3S/c1-16(2)28-22-11-7-5-9-20(22)25-23(26)13-12-18-8-4-6-10-21(18)27-14-19-15-29-17(3)24-19/h4-13,15-16H,14H2,1-3H3,(H,25,26)/b13-12+. The van der Waals surface area contributed by atoms with Crippen LogP contribution in [0.4, 0.5) is 5.69 Å². The third-order valence-electron chi connectivity index (χ3n) is 3.88. The predicted molar refractivity (Wildman–Crippen MR) is 117 cm³/mol. The Bertz CT molecular complexity index is 995. The van der Waals surface area contributed by atoms with E-state index in [0.29, 0.717) is 23.8 Å². The molecule has 3 aromatic rings. The van der Waals surface area contributed by atoms with Gasteiger partial charge in [-0.05, 0) is 45.0 Å². The summed E-state index contributed by atoms with van der Waals surface area (Å²) in [6.07, 6.45) is 3.25. The molecule has 1 heterocycles. The SMILES string of the molecule is Cc1nc(COc2ccccc2/C=C/C(=O)Nc2ccccc2OC(C)C)cs1. The summed E-state index contributed by atoms with van der Waals surface area (Å²) < 4.78 is 11.6. The fourth-order valence-corrected chi connectivity index (χ4v) is 3.24. The monoisotopic (exact) mass is 408 g/mol. The number of anilines is 1. The molecule has 0 aliphatic rings. The first-order valence-corrected chi connectivity index (χ1v) is 10.3. The molecular weight excluding hydrogens is 384 g/mol. The number of hydrogen-bond acceptors (Lipinski definition) is 5. The first kappa shape index (κ1) is 20.6. The van der Waals surface area contributed by atoms with Crippen molar-refractivity contribution in [3.05, 3.63) is 76.3 Å². The van der Waals surface area contributed by atoms with Gasteiger partial charge in [-0.15, -0.1) is 11.3 Å². The summed E-state index contributed by atoms with van der Waals surface area (Å²) in [5, 5.41) is 5.86. The molecule has 1 amide bonds. The molecule has 150 valence electrons. The van der Waals surface area contributed by atoms with E-state index in [4.69, 9.17) is 9.47 Å². The van der Waals surface area contributed by atoms with Crippen molar-refractivity contribution in [2.45, 2.75) is 33.5 Å². The number of aryl methyl sites for hydroxylation is 1. The van der Waals surface area contributed by atoms with E-state index in [1.165, 1.54) is 6.08 Å². The van der Waals surface area contributed by atoms with Crippen LogP contribution in [0.15, 0.2) is 60.0 Å². The van der Waals surface area contributed by atoms with Crippen molar-refractivity contribution in [1.82, 2.24) is 4.98 Å². The van der Waals surface area contributed by atoms with Crippen molar-refractivity contribution in [3.8, 4) is 11.5 Å². The number of carbonyl (C=O) groups is 1. The second kappa shape index (κ2) is 9.89. The predicted octanol–water partition coefficient (Wildman–Crippen LogP) is 5.47. The molecule has 0 unspecified atom stereocenters. The van der Waals surface area contributed by atoms with Gasteiger partial charge in [-0.1, -0.05) is 30.3 Å².